The molecule has 1 amide bonds. The average Bonchev–Trinajstić information content (AvgIpc) is 3.06. The number of fused-ring (bicyclic) bond motifs is 1. The number of nitrogens with one attached hydrogen (secondary N) is 1. The van der Waals surface area contributed by atoms with Crippen molar-refractivity contribution in [2.45, 2.75) is 0 Å². The predicted octanol–water partition coefficient (Wildman–Crippen LogP) is 1.88. The topological polar surface area (TPSA) is 112 Å². The van der Waals surface area contributed by atoms with Gasteiger partial charge < -0.3 is 15.5 Å². The zero-order chi connectivity index (χ0) is 16.4. The molecule has 0 aliphatic rings. The van der Waals surface area contributed by atoms with Crippen molar-refractivity contribution in [3.63, 3.8) is 0 Å². The van der Waals surface area contributed by atoms with E-state index >= 15 is 0 Å². The van der Waals surface area contributed by atoms with E-state index in [1.54, 1.807) is 12.1 Å². The number of aromatic nitrogens is 2. The van der Waals surface area contributed by atoms with Gasteiger partial charge in [0.2, 0.25) is 0 Å². The Labute approximate surface area is 134 Å². The third-order valence-corrected chi connectivity index (χ3v) is 3.88. The molecule has 0 aliphatic carbocycles. The Bertz CT molecular complexity index is 893. The highest BCUT2D eigenvalue weighted by atomic mass is 32.1. The second-order valence-corrected chi connectivity index (χ2v) is 5.44. The maximum atomic E-state index is 12.3. The van der Waals surface area contributed by atoms with Crippen LogP contribution in [0, 0.1) is 0 Å². The second-order valence-electron chi connectivity index (χ2n) is 4.66. The number of aromatic hydroxyl groups is 1. The number of benzene rings is 1. The first kappa shape index (κ1) is 14.9. The fraction of sp³-hybridized carbons (Fsp3) is 0.0667. The number of carboxylic acid groups (broad SMARTS) is 1. The Balaban J connectivity index is 2.19. The summed E-state index contributed by atoms with van der Waals surface area (Å²) in [5, 5.41) is 25.1. The molecule has 0 atom stereocenters. The molecule has 0 spiro atoms. The van der Waals surface area contributed by atoms with Crippen molar-refractivity contribution >= 4 is 34.2 Å². The van der Waals surface area contributed by atoms with E-state index in [0.29, 0.717) is 11.1 Å². The SMILES string of the molecule is O=C(O)CNC(=O)c1c(O)c(-c2ccsc2)cc2nccnc12. The van der Waals surface area contributed by atoms with E-state index in [4.69, 9.17) is 5.11 Å². The first-order valence-corrected chi connectivity index (χ1v) is 7.51. The van der Waals surface area contributed by atoms with Crippen LogP contribution in [0.3, 0.4) is 0 Å². The summed E-state index contributed by atoms with van der Waals surface area (Å²) in [5.74, 6) is -2.14. The van der Waals surface area contributed by atoms with Crippen molar-refractivity contribution in [3.8, 4) is 16.9 Å². The minimum absolute atomic E-state index is 0.0851. The van der Waals surface area contributed by atoms with E-state index in [1.165, 1.54) is 23.7 Å². The van der Waals surface area contributed by atoms with Crippen LogP contribution in [-0.2, 0) is 4.79 Å². The van der Waals surface area contributed by atoms with Gasteiger partial charge in [0.15, 0.2) is 0 Å². The van der Waals surface area contributed by atoms with E-state index < -0.39 is 18.4 Å². The molecular formula is C15H11N3O4S. The molecule has 3 aromatic rings. The Hall–Kier alpha value is -3.00. The average molecular weight is 329 g/mol. The van der Waals surface area contributed by atoms with Crippen LogP contribution in [0.1, 0.15) is 10.4 Å². The third kappa shape index (κ3) is 2.84. The Morgan fingerprint density at radius 1 is 1.26 bits per heavy atom. The smallest absolute Gasteiger partial charge is 0.322 e. The van der Waals surface area contributed by atoms with Gasteiger partial charge in [-0.3, -0.25) is 19.6 Å². The number of carboxylic acids is 1. The van der Waals surface area contributed by atoms with Gasteiger partial charge in [0.1, 0.15) is 23.4 Å². The highest BCUT2D eigenvalue weighted by Crippen LogP contribution is 2.37. The van der Waals surface area contributed by atoms with Crippen molar-refractivity contribution in [1.29, 1.82) is 0 Å². The van der Waals surface area contributed by atoms with Crippen LogP contribution in [-0.4, -0.2) is 38.6 Å². The number of phenolic OH excluding ortho intramolecular Hbond substituents is 1. The van der Waals surface area contributed by atoms with Gasteiger partial charge in [-0.25, -0.2) is 0 Å². The molecule has 116 valence electrons. The first-order chi connectivity index (χ1) is 11.1. The summed E-state index contributed by atoms with van der Waals surface area (Å²) < 4.78 is 0. The molecule has 0 radical (unpaired) electrons. The molecule has 2 aromatic heterocycles. The first-order valence-electron chi connectivity index (χ1n) is 6.57. The van der Waals surface area contributed by atoms with Gasteiger partial charge in [-0.2, -0.15) is 11.3 Å². The number of amides is 1. The van der Waals surface area contributed by atoms with Gasteiger partial charge in [-0.1, -0.05) is 0 Å². The molecule has 0 unspecified atom stereocenters. The van der Waals surface area contributed by atoms with Crippen molar-refractivity contribution in [1.82, 2.24) is 15.3 Å². The lowest BCUT2D eigenvalue weighted by Gasteiger charge is -2.11. The standard InChI is InChI=1S/C15H11N3O4S/c19-11(20)6-18-15(22)12-13-10(16-2-3-17-13)5-9(14(12)21)8-1-4-23-7-8/h1-5,7,21H,6H2,(H,18,22)(H,19,20). The monoisotopic (exact) mass is 329 g/mol. The van der Waals surface area contributed by atoms with Crippen LogP contribution < -0.4 is 5.32 Å². The third-order valence-electron chi connectivity index (χ3n) is 3.20. The Kier molecular flexibility index (Phi) is 3.90. The van der Waals surface area contributed by atoms with Gasteiger partial charge >= 0.3 is 5.97 Å². The fourth-order valence-corrected chi connectivity index (χ4v) is 2.85. The van der Waals surface area contributed by atoms with Gasteiger partial charge in [0, 0.05) is 18.0 Å². The molecule has 3 N–H and O–H groups in total. The lowest BCUT2D eigenvalue weighted by atomic mass is 10.0. The zero-order valence-electron chi connectivity index (χ0n) is 11.7. The number of phenols is 1. The van der Waals surface area contributed by atoms with Crippen LogP contribution in [0.25, 0.3) is 22.2 Å². The summed E-state index contributed by atoms with van der Waals surface area (Å²) in [7, 11) is 0. The lowest BCUT2D eigenvalue weighted by Crippen LogP contribution is -2.29. The van der Waals surface area contributed by atoms with Crippen LogP contribution in [0.4, 0.5) is 0 Å². The van der Waals surface area contributed by atoms with E-state index in [2.05, 4.69) is 15.3 Å². The summed E-state index contributed by atoms with van der Waals surface area (Å²) >= 11 is 1.45. The molecule has 3 rings (SSSR count). The van der Waals surface area contributed by atoms with Gasteiger partial charge in [-0.15, -0.1) is 0 Å². The molecule has 0 aliphatic heterocycles. The van der Waals surface area contributed by atoms with Crippen LogP contribution in [0.2, 0.25) is 0 Å². The Morgan fingerprint density at radius 3 is 2.74 bits per heavy atom. The van der Waals surface area contributed by atoms with E-state index in [0.717, 1.165) is 5.56 Å². The van der Waals surface area contributed by atoms with Gasteiger partial charge in [0.05, 0.1) is 5.52 Å². The molecule has 0 saturated carbocycles. The lowest BCUT2D eigenvalue weighted by molar-refractivity contribution is -0.135. The molecule has 7 nitrogen and oxygen atoms in total. The van der Waals surface area contributed by atoms with Crippen molar-refractivity contribution in [2.24, 2.45) is 0 Å². The van der Waals surface area contributed by atoms with Crippen LogP contribution in [0.15, 0.2) is 35.3 Å². The van der Waals surface area contributed by atoms with Crippen LogP contribution >= 0.6 is 11.3 Å². The molecule has 2 heterocycles. The maximum absolute atomic E-state index is 12.3. The minimum Gasteiger partial charge on any atom is -0.506 e. The number of hydrogen-bond acceptors (Lipinski definition) is 6. The molecular weight excluding hydrogens is 318 g/mol. The van der Waals surface area contributed by atoms with Gasteiger partial charge in [0.25, 0.3) is 5.91 Å². The van der Waals surface area contributed by atoms with E-state index in [9.17, 15) is 14.7 Å². The normalized spacial score (nSPS) is 10.6. The zero-order valence-corrected chi connectivity index (χ0v) is 12.5. The van der Waals surface area contributed by atoms with E-state index in [1.807, 2.05) is 10.8 Å². The molecule has 0 saturated heterocycles. The number of rotatable bonds is 4. The maximum Gasteiger partial charge on any atom is 0.322 e. The number of nitrogens with zero attached hydrogens (tertiary/aromatic N) is 2. The quantitative estimate of drug-likeness (QED) is 0.673. The number of aliphatic carboxylic acids is 1. The molecule has 0 bridgehead atoms. The van der Waals surface area contributed by atoms with Crippen molar-refractivity contribution < 1.29 is 19.8 Å². The Morgan fingerprint density at radius 2 is 2.04 bits per heavy atom. The highest BCUT2D eigenvalue weighted by molar-refractivity contribution is 7.08. The predicted molar refractivity (Wildman–Crippen MR) is 84.5 cm³/mol. The largest absolute Gasteiger partial charge is 0.506 e. The van der Waals surface area contributed by atoms with Crippen molar-refractivity contribution in [2.75, 3.05) is 6.54 Å². The fourth-order valence-electron chi connectivity index (χ4n) is 2.20. The van der Waals surface area contributed by atoms with Gasteiger partial charge in [-0.05, 0) is 28.5 Å². The molecule has 1 aromatic carbocycles. The summed E-state index contributed by atoms with van der Waals surface area (Å²) in [6, 6.07) is 3.45. The van der Waals surface area contributed by atoms with Crippen LogP contribution in [0.5, 0.6) is 5.75 Å². The minimum atomic E-state index is -1.18. The number of carbonyl (C=O) groups excluding carboxylic acids is 1. The molecule has 0 fully saturated rings. The molecule has 8 heteroatoms. The summed E-state index contributed by atoms with van der Waals surface area (Å²) in [4.78, 5) is 31.2. The summed E-state index contributed by atoms with van der Waals surface area (Å²) in [6.45, 7) is -0.553. The summed E-state index contributed by atoms with van der Waals surface area (Å²) in [6.07, 6.45) is 2.88. The van der Waals surface area contributed by atoms with E-state index in [-0.39, 0.29) is 16.8 Å². The molecule has 23 heavy (non-hydrogen) atoms. The van der Waals surface area contributed by atoms with Crippen molar-refractivity contribution in [3.05, 3.63) is 40.8 Å². The second kappa shape index (κ2) is 6.01. The number of thiophene rings is 1. The number of carbonyl (C=O) groups is 2. The highest BCUT2D eigenvalue weighted by Gasteiger charge is 2.22. The number of hydrogen-bond donors (Lipinski definition) is 3. The summed E-state index contributed by atoms with van der Waals surface area (Å²) in [5.41, 5.74) is 1.75.